The number of ether oxygens (including phenoxy) is 1. The van der Waals surface area contributed by atoms with Crippen molar-refractivity contribution in [3.8, 4) is 5.75 Å². The third-order valence-corrected chi connectivity index (χ3v) is 7.06. The molecular weight excluding hydrogens is 432 g/mol. The fraction of sp³-hybridized carbons (Fsp3) is 0.316. The van der Waals surface area contributed by atoms with Crippen LogP contribution in [-0.2, 0) is 14.8 Å². The minimum atomic E-state index is -3.92. The molecule has 0 aromatic heterocycles. The summed E-state index contributed by atoms with van der Waals surface area (Å²) in [5.41, 5.74) is 6.66. The molecule has 3 rings (SSSR count). The van der Waals surface area contributed by atoms with Gasteiger partial charge in [-0.3, -0.25) is 9.10 Å². The maximum atomic E-state index is 13.6. The van der Waals surface area contributed by atoms with Gasteiger partial charge in [0.1, 0.15) is 10.6 Å². The SMILES string of the molecule is CCOc1ccc(Br)cc1S(=O)(=O)N1c2ccccc2[C@H](C(N)=O)C[C@@H]1C. The number of hydrogen-bond acceptors (Lipinski definition) is 4. The van der Waals surface area contributed by atoms with Gasteiger partial charge in [0.05, 0.1) is 18.2 Å². The average molecular weight is 453 g/mol. The van der Waals surface area contributed by atoms with Crippen molar-refractivity contribution in [2.75, 3.05) is 10.9 Å². The summed E-state index contributed by atoms with van der Waals surface area (Å²) in [6, 6.07) is 11.5. The van der Waals surface area contributed by atoms with Crippen LogP contribution in [0.3, 0.4) is 0 Å². The summed E-state index contributed by atoms with van der Waals surface area (Å²) in [5.74, 6) is -0.678. The minimum Gasteiger partial charge on any atom is -0.492 e. The van der Waals surface area contributed by atoms with E-state index in [1.54, 1.807) is 50.2 Å². The van der Waals surface area contributed by atoms with Crippen molar-refractivity contribution in [1.29, 1.82) is 0 Å². The predicted molar refractivity (Wildman–Crippen MR) is 107 cm³/mol. The number of nitrogens with two attached hydrogens (primary N) is 1. The molecule has 8 heteroatoms. The number of carbonyl (C=O) groups is 1. The van der Waals surface area contributed by atoms with E-state index in [-0.39, 0.29) is 4.90 Å². The van der Waals surface area contributed by atoms with Crippen LogP contribution < -0.4 is 14.8 Å². The molecule has 0 saturated heterocycles. The molecule has 0 aliphatic carbocycles. The standard InChI is InChI=1S/C19H21BrN2O4S/c1-3-26-17-9-8-13(20)11-18(17)27(24,25)22-12(2)10-15(19(21)23)14-6-4-5-7-16(14)22/h4-9,11-12,15H,3,10H2,1-2H3,(H2,21,23)/t12-,15+/m0/s1. The van der Waals surface area contributed by atoms with Crippen LogP contribution >= 0.6 is 15.9 Å². The van der Waals surface area contributed by atoms with Crippen molar-refractivity contribution < 1.29 is 17.9 Å². The van der Waals surface area contributed by atoms with Gasteiger partial charge in [-0.15, -0.1) is 0 Å². The quantitative estimate of drug-likeness (QED) is 0.752. The van der Waals surface area contributed by atoms with Crippen LogP contribution in [0.15, 0.2) is 51.8 Å². The molecule has 1 aliphatic rings. The maximum absolute atomic E-state index is 13.6. The average Bonchev–Trinajstić information content (AvgIpc) is 2.62. The van der Waals surface area contributed by atoms with Crippen LogP contribution in [0, 0.1) is 0 Å². The smallest absolute Gasteiger partial charge is 0.268 e. The lowest BCUT2D eigenvalue weighted by atomic mass is 9.87. The Morgan fingerprint density at radius 1 is 1.30 bits per heavy atom. The van der Waals surface area contributed by atoms with Crippen LogP contribution in [-0.4, -0.2) is 27.0 Å². The topological polar surface area (TPSA) is 89.7 Å². The molecule has 2 N–H and O–H groups in total. The number of nitrogens with zero attached hydrogens (tertiary/aromatic N) is 1. The molecule has 6 nitrogen and oxygen atoms in total. The summed E-state index contributed by atoms with van der Waals surface area (Å²) >= 11 is 3.34. The van der Waals surface area contributed by atoms with E-state index in [9.17, 15) is 13.2 Å². The van der Waals surface area contributed by atoms with Gasteiger partial charge >= 0.3 is 0 Å². The number of amides is 1. The number of rotatable bonds is 5. The van der Waals surface area contributed by atoms with Gasteiger partial charge in [0.15, 0.2) is 0 Å². The van der Waals surface area contributed by atoms with Crippen molar-refractivity contribution in [3.05, 3.63) is 52.5 Å². The van der Waals surface area contributed by atoms with Crippen LogP contribution in [0.25, 0.3) is 0 Å². The monoisotopic (exact) mass is 452 g/mol. The highest BCUT2D eigenvalue weighted by Gasteiger charge is 2.40. The van der Waals surface area contributed by atoms with Crippen molar-refractivity contribution in [2.24, 2.45) is 5.73 Å². The second kappa shape index (κ2) is 7.52. The van der Waals surface area contributed by atoms with E-state index in [0.29, 0.717) is 34.5 Å². The number of anilines is 1. The van der Waals surface area contributed by atoms with E-state index in [2.05, 4.69) is 15.9 Å². The summed E-state index contributed by atoms with van der Waals surface area (Å²) in [6.07, 6.45) is 0.323. The summed E-state index contributed by atoms with van der Waals surface area (Å²) in [5, 5.41) is 0. The number of carbonyl (C=O) groups excluding carboxylic acids is 1. The van der Waals surface area contributed by atoms with E-state index in [4.69, 9.17) is 10.5 Å². The first-order chi connectivity index (χ1) is 12.8. The van der Waals surface area contributed by atoms with Gasteiger partial charge in [-0.2, -0.15) is 0 Å². The summed E-state index contributed by atoms with van der Waals surface area (Å²) in [4.78, 5) is 12.0. The molecule has 0 unspecified atom stereocenters. The largest absolute Gasteiger partial charge is 0.492 e. The number of halogens is 1. The van der Waals surface area contributed by atoms with Gasteiger partial charge in [-0.05, 0) is 50.1 Å². The first kappa shape index (κ1) is 19.7. The highest BCUT2D eigenvalue weighted by molar-refractivity contribution is 9.10. The molecule has 0 bridgehead atoms. The van der Waals surface area contributed by atoms with Gasteiger partial charge in [-0.1, -0.05) is 34.1 Å². The Bertz CT molecular complexity index is 977. The summed E-state index contributed by atoms with van der Waals surface area (Å²) < 4.78 is 34.7. The fourth-order valence-electron chi connectivity index (χ4n) is 3.48. The van der Waals surface area contributed by atoms with E-state index >= 15 is 0 Å². The molecule has 144 valence electrons. The molecule has 1 amide bonds. The molecule has 0 radical (unpaired) electrons. The lowest BCUT2D eigenvalue weighted by Gasteiger charge is -2.39. The van der Waals surface area contributed by atoms with E-state index in [1.165, 1.54) is 10.4 Å². The maximum Gasteiger partial charge on any atom is 0.268 e. The van der Waals surface area contributed by atoms with Crippen molar-refractivity contribution in [2.45, 2.75) is 37.1 Å². The summed E-state index contributed by atoms with van der Waals surface area (Å²) in [6.45, 7) is 3.93. The predicted octanol–water partition coefficient (Wildman–Crippen LogP) is 3.40. The van der Waals surface area contributed by atoms with Crippen LogP contribution in [0.2, 0.25) is 0 Å². The van der Waals surface area contributed by atoms with Crippen molar-refractivity contribution >= 4 is 37.5 Å². The molecule has 0 spiro atoms. The Labute approximate surface area is 167 Å². The highest BCUT2D eigenvalue weighted by atomic mass is 79.9. The van der Waals surface area contributed by atoms with Crippen molar-refractivity contribution in [1.82, 2.24) is 0 Å². The zero-order chi connectivity index (χ0) is 19.8. The number of para-hydroxylation sites is 1. The molecule has 1 heterocycles. The molecular formula is C19H21BrN2O4S. The number of primary amides is 1. The van der Waals surface area contributed by atoms with Gasteiger partial charge in [0, 0.05) is 10.5 Å². The lowest BCUT2D eigenvalue weighted by molar-refractivity contribution is -0.119. The Morgan fingerprint density at radius 2 is 2.00 bits per heavy atom. The molecule has 0 fully saturated rings. The van der Waals surface area contributed by atoms with Crippen LogP contribution in [0.4, 0.5) is 5.69 Å². The third kappa shape index (κ3) is 3.55. The number of sulfonamides is 1. The molecule has 0 saturated carbocycles. The van der Waals surface area contributed by atoms with Gasteiger partial charge < -0.3 is 10.5 Å². The van der Waals surface area contributed by atoms with E-state index < -0.39 is 27.9 Å². The zero-order valence-electron chi connectivity index (χ0n) is 15.1. The lowest BCUT2D eigenvalue weighted by Crippen LogP contribution is -2.45. The second-order valence-corrected chi connectivity index (χ2v) is 9.12. The number of hydrogen-bond donors (Lipinski definition) is 1. The zero-order valence-corrected chi connectivity index (χ0v) is 17.5. The van der Waals surface area contributed by atoms with Crippen molar-refractivity contribution in [3.63, 3.8) is 0 Å². The summed E-state index contributed by atoms with van der Waals surface area (Å²) in [7, 11) is -3.92. The van der Waals surface area contributed by atoms with Gasteiger partial charge in [-0.25, -0.2) is 8.42 Å². The fourth-order valence-corrected chi connectivity index (χ4v) is 5.85. The number of benzene rings is 2. The van der Waals surface area contributed by atoms with Gasteiger partial charge in [0.2, 0.25) is 5.91 Å². The highest BCUT2D eigenvalue weighted by Crippen LogP contribution is 2.42. The molecule has 2 atom stereocenters. The van der Waals surface area contributed by atoms with Crippen LogP contribution in [0.1, 0.15) is 31.7 Å². The molecule has 2 aromatic carbocycles. The third-order valence-electron chi connectivity index (χ3n) is 4.61. The first-order valence-corrected chi connectivity index (χ1v) is 10.9. The van der Waals surface area contributed by atoms with Gasteiger partial charge in [0.25, 0.3) is 10.0 Å². The first-order valence-electron chi connectivity index (χ1n) is 8.62. The Balaban J connectivity index is 2.19. The molecule has 1 aliphatic heterocycles. The van der Waals surface area contributed by atoms with E-state index in [0.717, 1.165) is 0 Å². The Kier molecular flexibility index (Phi) is 5.48. The normalized spacial score (nSPS) is 19.4. The van der Waals surface area contributed by atoms with Crippen LogP contribution in [0.5, 0.6) is 5.75 Å². The molecule has 27 heavy (non-hydrogen) atoms. The Hall–Kier alpha value is -2.06. The van der Waals surface area contributed by atoms with E-state index in [1.807, 2.05) is 0 Å². The number of fused-ring (bicyclic) bond motifs is 1. The molecule has 2 aromatic rings. The Morgan fingerprint density at radius 3 is 2.67 bits per heavy atom. The minimum absolute atomic E-state index is 0.0814. The second-order valence-electron chi connectivity index (χ2n) is 6.42.